The van der Waals surface area contributed by atoms with Gasteiger partial charge in [-0.25, -0.2) is 0 Å². The average Bonchev–Trinajstić information content (AvgIpc) is 2.78. The summed E-state index contributed by atoms with van der Waals surface area (Å²) in [5.74, 6) is 2.79. The fourth-order valence-corrected chi connectivity index (χ4v) is 3.45. The molecule has 1 saturated heterocycles. The predicted octanol–water partition coefficient (Wildman–Crippen LogP) is 2.68. The minimum Gasteiger partial charge on any atom is -0.497 e. The molecule has 0 aromatic heterocycles. The highest BCUT2D eigenvalue weighted by Crippen LogP contribution is 2.27. The number of ether oxygens (including phenoxy) is 4. The van der Waals surface area contributed by atoms with Crippen LogP contribution in [-0.4, -0.2) is 70.3 Å². The van der Waals surface area contributed by atoms with Crippen molar-refractivity contribution in [3.8, 4) is 23.0 Å². The summed E-state index contributed by atoms with van der Waals surface area (Å²) < 4.78 is 21.3. The Bertz CT molecular complexity index is 825. The van der Waals surface area contributed by atoms with Gasteiger partial charge in [-0.2, -0.15) is 0 Å². The van der Waals surface area contributed by atoms with Gasteiger partial charge in [-0.15, -0.1) is 0 Å². The molecule has 7 nitrogen and oxygen atoms in total. The van der Waals surface area contributed by atoms with E-state index in [1.807, 2.05) is 23.1 Å². The minimum absolute atomic E-state index is 0.0103. The van der Waals surface area contributed by atoms with E-state index in [1.165, 1.54) is 0 Å². The zero-order chi connectivity index (χ0) is 20.8. The quantitative estimate of drug-likeness (QED) is 0.712. The monoisotopic (exact) mass is 400 g/mol. The minimum atomic E-state index is -0.0103. The molecule has 0 N–H and O–H groups in total. The van der Waals surface area contributed by atoms with Gasteiger partial charge in [0.25, 0.3) is 5.91 Å². The molecule has 2 aromatic carbocycles. The van der Waals surface area contributed by atoms with Crippen LogP contribution in [0.25, 0.3) is 0 Å². The number of methoxy groups -OCH3 is 4. The molecule has 0 spiro atoms. The molecule has 0 atom stereocenters. The van der Waals surface area contributed by atoms with E-state index < -0.39 is 0 Å². The van der Waals surface area contributed by atoms with Crippen LogP contribution < -0.4 is 18.9 Å². The first-order valence-corrected chi connectivity index (χ1v) is 9.53. The van der Waals surface area contributed by atoms with Crippen LogP contribution in [-0.2, 0) is 6.54 Å². The summed E-state index contributed by atoms with van der Waals surface area (Å²) in [4.78, 5) is 17.1. The van der Waals surface area contributed by atoms with Crippen LogP contribution in [0.15, 0.2) is 36.4 Å². The van der Waals surface area contributed by atoms with Crippen LogP contribution in [0.4, 0.5) is 0 Å². The third-order valence-corrected chi connectivity index (χ3v) is 5.15. The molecule has 3 rings (SSSR count). The summed E-state index contributed by atoms with van der Waals surface area (Å²) in [6.45, 7) is 3.68. The number of carbonyl (C=O) groups is 1. The molecular weight excluding hydrogens is 372 g/mol. The van der Waals surface area contributed by atoms with Crippen LogP contribution >= 0.6 is 0 Å². The third kappa shape index (κ3) is 4.92. The van der Waals surface area contributed by atoms with Crippen LogP contribution in [0.3, 0.4) is 0 Å². The van der Waals surface area contributed by atoms with Crippen molar-refractivity contribution in [2.75, 3.05) is 54.6 Å². The zero-order valence-corrected chi connectivity index (χ0v) is 17.4. The van der Waals surface area contributed by atoms with Crippen molar-refractivity contribution in [3.63, 3.8) is 0 Å². The van der Waals surface area contributed by atoms with E-state index in [0.717, 1.165) is 36.7 Å². The van der Waals surface area contributed by atoms with Crippen LogP contribution in [0.1, 0.15) is 15.9 Å². The topological polar surface area (TPSA) is 60.5 Å². The van der Waals surface area contributed by atoms with Crippen molar-refractivity contribution in [2.24, 2.45) is 0 Å². The van der Waals surface area contributed by atoms with E-state index in [-0.39, 0.29) is 5.91 Å². The molecule has 0 unspecified atom stereocenters. The van der Waals surface area contributed by atoms with Gasteiger partial charge in [-0.1, -0.05) is 6.07 Å². The van der Waals surface area contributed by atoms with Crippen molar-refractivity contribution < 1.29 is 23.7 Å². The summed E-state index contributed by atoms with van der Waals surface area (Å²) >= 11 is 0. The Morgan fingerprint density at radius 2 is 1.41 bits per heavy atom. The second-order valence-electron chi connectivity index (χ2n) is 6.85. The van der Waals surface area contributed by atoms with Gasteiger partial charge in [0, 0.05) is 56.0 Å². The van der Waals surface area contributed by atoms with Crippen molar-refractivity contribution in [2.45, 2.75) is 6.54 Å². The number of rotatable bonds is 7. The molecule has 1 fully saturated rings. The lowest BCUT2D eigenvalue weighted by Crippen LogP contribution is -2.48. The Morgan fingerprint density at radius 3 is 1.97 bits per heavy atom. The maximum Gasteiger partial charge on any atom is 0.254 e. The molecular formula is C22H28N2O5. The Kier molecular flexibility index (Phi) is 6.82. The maximum atomic E-state index is 12.9. The number of hydrogen-bond acceptors (Lipinski definition) is 6. The normalized spacial score (nSPS) is 14.4. The molecule has 1 aliphatic rings. The molecule has 0 bridgehead atoms. The third-order valence-electron chi connectivity index (χ3n) is 5.15. The van der Waals surface area contributed by atoms with Gasteiger partial charge in [-0.3, -0.25) is 9.69 Å². The Labute approximate surface area is 171 Å². The average molecular weight is 400 g/mol. The Hall–Kier alpha value is -2.93. The van der Waals surface area contributed by atoms with Gasteiger partial charge >= 0.3 is 0 Å². The lowest BCUT2D eigenvalue weighted by molar-refractivity contribution is 0.0626. The van der Waals surface area contributed by atoms with Crippen molar-refractivity contribution in [3.05, 3.63) is 47.5 Å². The van der Waals surface area contributed by atoms with Gasteiger partial charge < -0.3 is 23.8 Å². The summed E-state index contributed by atoms with van der Waals surface area (Å²) in [5, 5.41) is 0. The molecule has 2 aromatic rings. The van der Waals surface area contributed by atoms with Gasteiger partial charge in [0.2, 0.25) is 0 Å². The molecule has 1 amide bonds. The molecule has 1 aliphatic heterocycles. The molecule has 0 saturated carbocycles. The van der Waals surface area contributed by atoms with E-state index in [4.69, 9.17) is 18.9 Å². The molecule has 0 radical (unpaired) electrons. The highest BCUT2D eigenvalue weighted by Gasteiger charge is 2.23. The SMILES string of the molecule is COc1cc(OC)cc(C(=O)N2CCN(Cc3ccc(OC)cc3OC)CC2)c1. The molecule has 1 heterocycles. The number of nitrogens with zero attached hydrogens (tertiary/aromatic N) is 2. The molecule has 0 aliphatic carbocycles. The summed E-state index contributed by atoms with van der Waals surface area (Å²) in [5.41, 5.74) is 1.68. The van der Waals surface area contributed by atoms with Gasteiger partial charge in [0.1, 0.15) is 23.0 Å². The van der Waals surface area contributed by atoms with Crippen LogP contribution in [0, 0.1) is 0 Å². The zero-order valence-electron chi connectivity index (χ0n) is 17.4. The first-order valence-electron chi connectivity index (χ1n) is 9.53. The Morgan fingerprint density at radius 1 is 0.793 bits per heavy atom. The number of amides is 1. The Balaban J connectivity index is 1.63. The molecule has 156 valence electrons. The second-order valence-corrected chi connectivity index (χ2v) is 6.85. The fourth-order valence-electron chi connectivity index (χ4n) is 3.45. The second kappa shape index (κ2) is 9.52. The standard InChI is InChI=1S/C22H28N2O5/c1-26-18-6-5-16(21(14-18)29-4)15-23-7-9-24(10-8-23)22(25)17-11-19(27-2)13-20(12-17)28-3/h5-6,11-14H,7-10,15H2,1-4H3. The van der Waals surface area contributed by atoms with Crippen molar-refractivity contribution in [1.29, 1.82) is 0 Å². The first-order chi connectivity index (χ1) is 14.1. The van der Waals surface area contributed by atoms with E-state index in [1.54, 1.807) is 46.6 Å². The highest BCUT2D eigenvalue weighted by atomic mass is 16.5. The summed E-state index contributed by atoms with van der Waals surface area (Å²) in [6, 6.07) is 11.1. The van der Waals surface area contributed by atoms with Crippen LogP contribution in [0.2, 0.25) is 0 Å². The van der Waals surface area contributed by atoms with Crippen molar-refractivity contribution >= 4 is 5.91 Å². The van der Waals surface area contributed by atoms with E-state index in [0.29, 0.717) is 30.2 Å². The smallest absolute Gasteiger partial charge is 0.254 e. The lowest BCUT2D eigenvalue weighted by Gasteiger charge is -2.35. The largest absolute Gasteiger partial charge is 0.497 e. The van der Waals surface area contributed by atoms with Crippen LogP contribution in [0.5, 0.6) is 23.0 Å². The predicted molar refractivity (Wildman–Crippen MR) is 110 cm³/mol. The van der Waals surface area contributed by atoms with Gasteiger partial charge in [0.15, 0.2) is 0 Å². The number of carbonyl (C=O) groups excluding carboxylic acids is 1. The van der Waals surface area contributed by atoms with E-state index in [2.05, 4.69) is 4.90 Å². The van der Waals surface area contributed by atoms with E-state index in [9.17, 15) is 4.79 Å². The number of benzene rings is 2. The van der Waals surface area contributed by atoms with E-state index >= 15 is 0 Å². The van der Waals surface area contributed by atoms with Gasteiger partial charge in [0.05, 0.1) is 28.4 Å². The van der Waals surface area contributed by atoms with Gasteiger partial charge in [-0.05, 0) is 18.2 Å². The lowest BCUT2D eigenvalue weighted by atomic mass is 10.1. The fraction of sp³-hybridized carbons (Fsp3) is 0.409. The maximum absolute atomic E-state index is 12.9. The molecule has 7 heteroatoms. The summed E-state index contributed by atoms with van der Waals surface area (Å²) in [7, 11) is 6.46. The van der Waals surface area contributed by atoms with Crippen molar-refractivity contribution in [1.82, 2.24) is 9.80 Å². The first kappa shape index (κ1) is 20.8. The molecule has 29 heavy (non-hydrogen) atoms. The summed E-state index contributed by atoms with van der Waals surface area (Å²) in [6.07, 6.45) is 0. The highest BCUT2D eigenvalue weighted by molar-refractivity contribution is 5.95. The number of hydrogen-bond donors (Lipinski definition) is 0. The number of piperazine rings is 1.